The molecule has 0 aromatic carbocycles. The fourth-order valence-corrected chi connectivity index (χ4v) is 3.18. The number of nitrogens with one attached hydrogen (secondary N) is 1. The standard InChI is InChI=1S/C13H16BrNO2S/c1-9(7-11(16)12-3-2-5-17-12)15-8-13-10(14)4-6-18-13/h2-6,9,11,15-16H,7-8H2,1H3. The van der Waals surface area contributed by atoms with Gasteiger partial charge in [-0.1, -0.05) is 0 Å². The third kappa shape index (κ3) is 3.68. The molecule has 0 amide bonds. The highest BCUT2D eigenvalue weighted by atomic mass is 79.9. The molecule has 2 unspecified atom stereocenters. The SMILES string of the molecule is CC(CC(O)c1ccco1)NCc1sccc1Br. The van der Waals surface area contributed by atoms with Crippen LogP contribution in [0.4, 0.5) is 0 Å². The summed E-state index contributed by atoms with van der Waals surface area (Å²) in [6, 6.07) is 5.86. The van der Waals surface area contributed by atoms with Crippen molar-refractivity contribution >= 4 is 27.3 Å². The Morgan fingerprint density at radius 1 is 1.50 bits per heavy atom. The summed E-state index contributed by atoms with van der Waals surface area (Å²) in [5, 5.41) is 15.4. The van der Waals surface area contributed by atoms with Gasteiger partial charge >= 0.3 is 0 Å². The van der Waals surface area contributed by atoms with Crippen LogP contribution in [-0.4, -0.2) is 11.1 Å². The molecule has 2 heterocycles. The van der Waals surface area contributed by atoms with Crippen LogP contribution in [0.15, 0.2) is 38.7 Å². The molecular weight excluding hydrogens is 314 g/mol. The number of furan rings is 1. The number of aliphatic hydroxyl groups is 1. The molecule has 0 aliphatic rings. The second kappa shape index (κ2) is 6.52. The first-order valence-electron chi connectivity index (χ1n) is 5.83. The van der Waals surface area contributed by atoms with Crippen LogP contribution < -0.4 is 5.32 Å². The van der Waals surface area contributed by atoms with Crippen molar-refractivity contribution in [1.82, 2.24) is 5.32 Å². The predicted octanol–water partition coefficient (Wildman–Crippen LogP) is 3.71. The lowest BCUT2D eigenvalue weighted by Crippen LogP contribution is -2.27. The van der Waals surface area contributed by atoms with Crippen LogP contribution >= 0.6 is 27.3 Å². The zero-order valence-electron chi connectivity index (χ0n) is 10.1. The van der Waals surface area contributed by atoms with Gasteiger partial charge in [0.1, 0.15) is 11.9 Å². The van der Waals surface area contributed by atoms with E-state index in [1.54, 1.807) is 29.7 Å². The van der Waals surface area contributed by atoms with Gasteiger partial charge in [0.15, 0.2) is 0 Å². The topological polar surface area (TPSA) is 45.4 Å². The molecule has 18 heavy (non-hydrogen) atoms. The summed E-state index contributed by atoms with van der Waals surface area (Å²) in [6.07, 6.45) is 1.67. The Bertz CT molecular complexity index is 469. The molecule has 2 rings (SSSR count). The molecule has 0 saturated heterocycles. The molecule has 2 aromatic heterocycles. The van der Waals surface area contributed by atoms with Crippen LogP contribution in [0.1, 0.15) is 30.1 Å². The van der Waals surface area contributed by atoms with Crippen molar-refractivity contribution in [1.29, 1.82) is 0 Å². The second-order valence-corrected chi connectivity index (χ2v) is 6.10. The van der Waals surface area contributed by atoms with Gasteiger partial charge in [0.05, 0.1) is 6.26 Å². The van der Waals surface area contributed by atoms with Crippen molar-refractivity contribution in [3.63, 3.8) is 0 Å². The molecule has 0 fully saturated rings. The van der Waals surface area contributed by atoms with Gasteiger partial charge in [0, 0.05) is 21.9 Å². The minimum atomic E-state index is -0.547. The highest BCUT2D eigenvalue weighted by Crippen LogP contribution is 2.23. The van der Waals surface area contributed by atoms with E-state index < -0.39 is 6.10 Å². The zero-order chi connectivity index (χ0) is 13.0. The number of halogens is 1. The number of hydrogen-bond acceptors (Lipinski definition) is 4. The van der Waals surface area contributed by atoms with E-state index in [1.165, 1.54) is 4.88 Å². The van der Waals surface area contributed by atoms with Gasteiger partial charge in [0.25, 0.3) is 0 Å². The van der Waals surface area contributed by atoms with Gasteiger partial charge < -0.3 is 14.8 Å². The largest absolute Gasteiger partial charge is 0.467 e. The Morgan fingerprint density at radius 3 is 2.94 bits per heavy atom. The molecule has 0 aliphatic carbocycles. The van der Waals surface area contributed by atoms with Crippen molar-refractivity contribution in [2.45, 2.75) is 32.0 Å². The minimum Gasteiger partial charge on any atom is -0.467 e. The van der Waals surface area contributed by atoms with Gasteiger partial charge in [-0.2, -0.15) is 0 Å². The van der Waals surface area contributed by atoms with E-state index in [2.05, 4.69) is 33.6 Å². The van der Waals surface area contributed by atoms with Gasteiger partial charge in [-0.3, -0.25) is 0 Å². The van der Waals surface area contributed by atoms with Crippen molar-refractivity contribution in [3.05, 3.63) is 45.0 Å². The Kier molecular flexibility index (Phi) is 5.00. The van der Waals surface area contributed by atoms with Gasteiger partial charge in [-0.05, 0) is 52.9 Å². The molecule has 0 spiro atoms. The summed E-state index contributed by atoms with van der Waals surface area (Å²) < 4.78 is 6.32. The van der Waals surface area contributed by atoms with Crippen LogP contribution in [0.3, 0.4) is 0 Å². The first kappa shape index (κ1) is 13.8. The van der Waals surface area contributed by atoms with Gasteiger partial charge in [0.2, 0.25) is 0 Å². The van der Waals surface area contributed by atoms with Crippen LogP contribution in [0.5, 0.6) is 0 Å². The van der Waals surface area contributed by atoms with Gasteiger partial charge in [-0.25, -0.2) is 0 Å². The van der Waals surface area contributed by atoms with Crippen LogP contribution in [0, 0.1) is 0 Å². The van der Waals surface area contributed by atoms with Crippen LogP contribution in [-0.2, 0) is 6.54 Å². The number of rotatable bonds is 6. The molecule has 2 N–H and O–H groups in total. The monoisotopic (exact) mass is 329 g/mol. The van der Waals surface area contributed by atoms with Crippen molar-refractivity contribution < 1.29 is 9.52 Å². The van der Waals surface area contributed by atoms with E-state index in [-0.39, 0.29) is 6.04 Å². The first-order chi connectivity index (χ1) is 8.66. The smallest absolute Gasteiger partial charge is 0.132 e. The summed E-state index contributed by atoms with van der Waals surface area (Å²) in [4.78, 5) is 1.27. The minimum absolute atomic E-state index is 0.221. The Labute approximate surface area is 119 Å². The summed E-state index contributed by atoms with van der Waals surface area (Å²) in [7, 11) is 0. The third-order valence-corrected chi connectivity index (χ3v) is 4.68. The number of thiophene rings is 1. The summed E-state index contributed by atoms with van der Waals surface area (Å²) >= 11 is 5.22. The van der Waals surface area contributed by atoms with E-state index >= 15 is 0 Å². The quantitative estimate of drug-likeness (QED) is 0.849. The zero-order valence-corrected chi connectivity index (χ0v) is 12.5. The Hall–Kier alpha value is -0.620. The maximum Gasteiger partial charge on any atom is 0.132 e. The normalized spacial score (nSPS) is 14.6. The summed E-state index contributed by atoms with van der Waals surface area (Å²) in [6.45, 7) is 2.87. The predicted molar refractivity (Wildman–Crippen MR) is 76.6 cm³/mol. The molecule has 3 nitrogen and oxygen atoms in total. The first-order valence-corrected chi connectivity index (χ1v) is 7.51. The Balaban J connectivity index is 1.79. The fourth-order valence-electron chi connectivity index (χ4n) is 1.73. The number of aliphatic hydroxyl groups excluding tert-OH is 1. The highest BCUT2D eigenvalue weighted by Gasteiger charge is 2.14. The Morgan fingerprint density at radius 2 is 2.33 bits per heavy atom. The molecular formula is C13H16BrNO2S. The van der Waals surface area contributed by atoms with Crippen molar-refractivity contribution in [2.75, 3.05) is 0 Å². The summed E-state index contributed by atoms with van der Waals surface area (Å²) in [5.74, 6) is 0.626. The molecule has 0 aliphatic heterocycles. The number of hydrogen-bond donors (Lipinski definition) is 2. The highest BCUT2D eigenvalue weighted by molar-refractivity contribution is 9.10. The molecule has 98 valence electrons. The molecule has 5 heteroatoms. The molecule has 0 saturated carbocycles. The van der Waals surface area contributed by atoms with E-state index in [0.717, 1.165) is 11.0 Å². The van der Waals surface area contributed by atoms with Gasteiger partial charge in [-0.15, -0.1) is 11.3 Å². The van der Waals surface area contributed by atoms with E-state index in [9.17, 15) is 5.11 Å². The van der Waals surface area contributed by atoms with Crippen LogP contribution in [0.25, 0.3) is 0 Å². The van der Waals surface area contributed by atoms with E-state index in [0.29, 0.717) is 12.2 Å². The lowest BCUT2D eigenvalue weighted by molar-refractivity contribution is 0.128. The second-order valence-electron chi connectivity index (χ2n) is 4.24. The average Bonchev–Trinajstić information content (AvgIpc) is 2.97. The van der Waals surface area contributed by atoms with Crippen molar-refractivity contribution in [2.24, 2.45) is 0 Å². The molecule has 2 aromatic rings. The summed E-state index contributed by atoms with van der Waals surface area (Å²) in [5.41, 5.74) is 0. The lowest BCUT2D eigenvalue weighted by atomic mass is 10.1. The van der Waals surface area contributed by atoms with E-state index in [4.69, 9.17) is 4.42 Å². The van der Waals surface area contributed by atoms with Crippen LogP contribution in [0.2, 0.25) is 0 Å². The molecule has 0 radical (unpaired) electrons. The average molecular weight is 330 g/mol. The lowest BCUT2D eigenvalue weighted by Gasteiger charge is -2.16. The molecule has 0 bridgehead atoms. The van der Waals surface area contributed by atoms with Crippen molar-refractivity contribution in [3.8, 4) is 0 Å². The van der Waals surface area contributed by atoms with E-state index in [1.807, 2.05) is 6.07 Å². The maximum absolute atomic E-state index is 9.95. The third-order valence-electron chi connectivity index (χ3n) is 2.75. The molecule has 2 atom stereocenters. The fraction of sp³-hybridized carbons (Fsp3) is 0.385. The maximum atomic E-state index is 9.95.